The number of anilines is 1. The van der Waals surface area contributed by atoms with Gasteiger partial charge in [-0.2, -0.15) is 0 Å². The fraction of sp³-hybridized carbons (Fsp3) is 0.538. The first-order valence-corrected chi connectivity index (χ1v) is 6.81. The van der Waals surface area contributed by atoms with Crippen molar-refractivity contribution in [2.45, 2.75) is 25.3 Å². The van der Waals surface area contributed by atoms with Crippen LogP contribution in [0.5, 0.6) is 0 Å². The van der Waals surface area contributed by atoms with Crippen LogP contribution in [0.1, 0.15) is 19.8 Å². The summed E-state index contributed by atoms with van der Waals surface area (Å²) >= 11 is 5.76. The first-order valence-electron chi connectivity index (χ1n) is 6.43. The van der Waals surface area contributed by atoms with Gasteiger partial charge in [0.2, 0.25) is 0 Å². The summed E-state index contributed by atoms with van der Waals surface area (Å²) in [6, 6.07) is 2.24. The molecular weight excluding hydrogens is 285 g/mol. The predicted octanol–water partition coefficient (Wildman–Crippen LogP) is 2.97. The predicted molar refractivity (Wildman–Crippen MR) is 77.0 cm³/mol. The summed E-state index contributed by atoms with van der Waals surface area (Å²) in [5.74, 6) is -0.765. The van der Waals surface area contributed by atoms with Crippen molar-refractivity contribution >= 4 is 23.0 Å². The molecule has 0 unspecified atom stereocenters. The number of hydrogen-bond donors (Lipinski definition) is 1. The average Bonchev–Trinajstić information content (AvgIpc) is 2.42. The van der Waals surface area contributed by atoms with E-state index < -0.39 is 10.7 Å². The molecule has 1 heterocycles. The van der Waals surface area contributed by atoms with Crippen molar-refractivity contribution in [3.8, 4) is 0 Å². The van der Waals surface area contributed by atoms with Crippen LogP contribution in [0.2, 0.25) is 5.02 Å². The van der Waals surface area contributed by atoms with Crippen LogP contribution < -0.4 is 10.2 Å². The molecule has 1 aromatic rings. The number of nitro groups is 1. The Bertz CT molecular complexity index is 531. The van der Waals surface area contributed by atoms with Crippen molar-refractivity contribution in [1.29, 1.82) is 0 Å². The van der Waals surface area contributed by atoms with Crippen LogP contribution in [0.4, 0.5) is 15.8 Å². The van der Waals surface area contributed by atoms with Gasteiger partial charge in [0.25, 0.3) is 5.69 Å². The number of nitro benzene ring substituents is 1. The largest absolute Gasteiger partial charge is 0.366 e. The van der Waals surface area contributed by atoms with E-state index in [2.05, 4.69) is 12.2 Å². The summed E-state index contributed by atoms with van der Waals surface area (Å²) in [5, 5.41) is 14.2. The zero-order valence-electron chi connectivity index (χ0n) is 11.4. The van der Waals surface area contributed by atoms with Crippen LogP contribution in [0.3, 0.4) is 0 Å². The number of nitrogens with zero attached hydrogens (tertiary/aromatic N) is 2. The van der Waals surface area contributed by atoms with Crippen molar-refractivity contribution in [1.82, 2.24) is 5.32 Å². The van der Waals surface area contributed by atoms with E-state index in [1.54, 1.807) is 0 Å². The zero-order chi connectivity index (χ0) is 14.9. The first kappa shape index (κ1) is 15.0. The maximum Gasteiger partial charge on any atom is 0.295 e. The molecule has 0 amide bonds. The van der Waals surface area contributed by atoms with Gasteiger partial charge in [0.05, 0.1) is 16.0 Å². The summed E-state index contributed by atoms with van der Waals surface area (Å²) in [7, 11) is 1.91. The second kappa shape index (κ2) is 5.54. The molecule has 0 aromatic heterocycles. The molecule has 0 spiro atoms. The second-order valence-corrected chi connectivity index (χ2v) is 5.72. The molecule has 110 valence electrons. The number of benzene rings is 1. The lowest BCUT2D eigenvalue weighted by molar-refractivity contribution is -0.384. The van der Waals surface area contributed by atoms with Crippen LogP contribution in [-0.4, -0.2) is 30.6 Å². The number of hydrogen-bond acceptors (Lipinski definition) is 4. The van der Waals surface area contributed by atoms with Crippen LogP contribution >= 0.6 is 11.6 Å². The highest BCUT2D eigenvalue weighted by Gasteiger charge is 2.31. The molecule has 1 aliphatic heterocycles. The smallest absolute Gasteiger partial charge is 0.295 e. The molecule has 1 aliphatic rings. The molecule has 1 aromatic carbocycles. The third-order valence-corrected chi connectivity index (χ3v) is 4.32. The van der Waals surface area contributed by atoms with Gasteiger partial charge >= 0.3 is 0 Å². The Hall–Kier alpha value is -1.40. The van der Waals surface area contributed by atoms with Gasteiger partial charge in [-0.1, -0.05) is 11.6 Å². The minimum atomic E-state index is -0.765. The maximum atomic E-state index is 13.4. The van der Waals surface area contributed by atoms with Gasteiger partial charge in [0.15, 0.2) is 0 Å². The van der Waals surface area contributed by atoms with E-state index in [4.69, 9.17) is 11.6 Å². The van der Waals surface area contributed by atoms with Crippen molar-refractivity contribution in [3.63, 3.8) is 0 Å². The standard InChI is InChI=1S/C13H17ClFN3O2/c1-13(16-2)3-5-17(6-4-13)11-7-9(14)10(15)8-12(11)18(19)20/h7-8,16H,3-6H2,1-2H3. The molecular formula is C13H17ClFN3O2. The lowest BCUT2D eigenvalue weighted by Crippen LogP contribution is -2.50. The molecule has 0 aliphatic carbocycles. The molecule has 0 radical (unpaired) electrons. The highest BCUT2D eigenvalue weighted by Crippen LogP contribution is 2.35. The third kappa shape index (κ3) is 2.86. The van der Waals surface area contributed by atoms with Gasteiger partial charge in [-0.05, 0) is 32.9 Å². The lowest BCUT2D eigenvalue weighted by atomic mass is 9.89. The molecule has 0 atom stereocenters. The summed E-state index contributed by atoms with van der Waals surface area (Å²) in [6.45, 7) is 3.46. The SMILES string of the molecule is CNC1(C)CCN(c2cc(Cl)c(F)cc2[N+](=O)[O-])CC1. The van der Waals surface area contributed by atoms with Crippen molar-refractivity contribution < 1.29 is 9.31 Å². The van der Waals surface area contributed by atoms with Gasteiger partial charge in [-0.15, -0.1) is 0 Å². The number of halogens is 2. The van der Waals surface area contributed by atoms with Crippen molar-refractivity contribution in [2.24, 2.45) is 0 Å². The Morgan fingerprint density at radius 3 is 2.55 bits per heavy atom. The fourth-order valence-electron chi connectivity index (χ4n) is 2.42. The lowest BCUT2D eigenvalue weighted by Gasteiger charge is -2.40. The highest BCUT2D eigenvalue weighted by molar-refractivity contribution is 6.31. The summed E-state index contributed by atoms with van der Waals surface area (Å²) in [5.41, 5.74) is 0.189. The molecule has 0 saturated carbocycles. The minimum Gasteiger partial charge on any atom is -0.366 e. The van der Waals surface area contributed by atoms with E-state index in [0.29, 0.717) is 18.8 Å². The van der Waals surface area contributed by atoms with Gasteiger partial charge in [-0.3, -0.25) is 10.1 Å². The molecule has 20 heavy (non-hydrogen) atoms. The molecule has 1 saturated heterocycles. The highest BCUT2D eigenvalue weighted by atomic mass is 35.5. The average molecular weight is 302 g/mol. The zero-order valence-corrected chi connectivity index (χ0v) is 12.2. The van der Waals surface area contributed by atoms with Gasteiger partial charge < -0.3 is 10.2 Å². The van der Waals surface area contributed by atoms with Crippen LogP contribution in [0.15, 0.2) is 12.1 Å². The molecule has 5 nitrogen and oxygen atoms in total. The first-order chi connectivity index (χ1) is 9.36. The number of piperidine rings is 1. The van der Waals surface area contributed by atoms with Gasteiger partial charge in [0.1, 0.15) is 11.5 Å². The summed E-state index contributed by atoms with van der Waals surface area (Å²) < 4.78 is 13.4. The van der Waals surface area contributed by atoms with Crippen LogP contribution in [0, 0.1) is 15.9 Å². The molecule has 1 N–H and O–H groups in total. The Balaban J connectivity index is 2.30. The maximum absolute atomic E-state index is 13.4. The third-order valence-electron chi connectivity index (χ3n) is 4.03. The van der Waals surface area contributed by atoms with E-state index in [-0.39, 0.29) is 16.2 Å². The normalized spacial score (nSPS) is 18.1. The minimum absolute atomic E-state index is 0.0368. The fourth-order valence-corrected chi connectivity index (χ4v) is 2.57. The van der Waals surface area contributed by atoms with Crippen LogP contribution in [-0.2, 0) is 0 Å². The summed E-state index contributed by atoms with van der Waals surface area (Å²) in [6.07, 6.45) is 1.71. The van der Waals surface area contributed by atoms with E-state index in [1.165, 1.54) is 6.07 Å². The quantitative estimate of drug-likeness (QED) is 0.689. The number of rotatable bonds is 3. The van der Waals surface area contributed by atoms with Crippen molar-refractivity contribution in [3.05, 3.63) is 33.1 Å². The van der Waals surface area contributed by atoms with Crippen LogP contribution in [0.25, 0.3) is 0 Å². The van der Waals surface area contributed by atoms with E-state index >= 15 is 0 Å². The van der Waals surface area contributed by atoms with Crippen molar-refractivity contribution in [2.75, 3.05) is 25.0 Å². The van der Waals surface area contributed by atoms with Gasteiger partial charge in [0, 0.05) is 18.6 Å². The topological polar surface area (TPSA) is 58.4 Å². The Morgan fingerprint density at radius 1 is 1.45 bits per heavy atom. The Kier molecular flexibility index (Phi) is 4.15. The molecule has 0 bridgehead atoms. The van der Waals surface area contributed by atoms with E-state index in [9.17, 15) is 14.5 Å². The number of nitrogens with one attached hydrogen (secondary N) is 1. The second-order valence-electron chi connectivity index (χ2n) is 5.31. The monoisotopic (exact) mass is 301 g/mol. The molecule has 7 heteroatoms. The Morgan fingerprint density at radius 2 is 2.05 bits per heavy atom. The molecule has 1 fully saturated rings. The Labute approximate surface area is 121 Å². The summed E-state index contributed by atoms with van der Waals surface area (Å²) in [4.78, 5) is 12.4. The van der Waals surface area contributed by atoms with Gasteiger partial charge in [-0.25, -0.2) is 4.39 Å². The molecule has 2 rings (SSSR count). The van der Waals surface area contributed by atoms with E-state index in [0.717, 1.165) is 18.9 Å². The van der Waals surface area contributed by atoms with E-state index in [1.807, 2.05) is 11.9 Å².